The van der Waals surface area contributed by atoms with E-state index in [0.29, 0.717) is 0 Å². The van der Waals surface area contributed by atoms with Gasteiger partial charge in [0.15, 0.2) is 0 Å². The van der Waals surface area contributed by atoms with E-state index in [1.165, 1.54) is 11.1 Å². The van der Waals surface area contributed by atoms with E-state index in [9.17, 15) is 0 Å². The van der Waals surface area contributed by atoms with Crippen molar-refractivity contribution < 1.29 is 4.74 Å². The average Bonchev–Trinajstić information content (AvgIpc) is 2.38. The number of ether oxygens (including phenoxy) is 1. The van der Waals surface area contributed by atoms with E-state index in [4.69, 9.17) is 4.74 Å². The predicted octanol–water partition coefficient (Wildman–Crippen LogP) is 4.83. The standard InChI is InChI=1S/C18H26O/c1-15-5-9-17(3,10-6-15)13-19-14-18(4)11-7-16(2)8-12-18/h5-9,11H,10,12-14H2,1-4H3. The van der Waals surface area contributed by atoms with E-state index in [2.05, 4.69) is 64.2 Å². The quantitative estimate of drug-likeness (QED) is 0.702. The van der Waals surface area contributed by atoms with Crippen molar-refractivity contribution in [2.24, 2.45) is 10.8 Å². The lowest BCUT2D eigenvalue weighted by atomic mass is 9.81. The maximum atomic E-state index is 6.03. The van der Waals surface area contributed by atoms with Crippen molar-refractivity contribution in [1.82, 2.24) is 0 Å². The van der Waals surface area contributed by atoms with Gasteiger partial charge < -0.3 is 4.74 Å². The fraction of sp³-hybridized carbons (Fsp3) is 0.556. The van der Waals surface area contributed by atoms with Crippen molar-refractivity contribution in [3.05, 3.63) is 47.6 Å². The first-order valence-corrected chi connectivity index (χ1v) is 7.21. The molecule has 0 N–H and O–H groups in total. The summed E-state index contributed by atoms with van der Waals surface area (Å²) in [4.78, 5) is 0. The van der Waals surface area contributed by atoms with Crippen LogP contribution in [0.4, 0.5) is 0 Å². The summed E-state index contributed by atoms with van der Waals surface area (Å²) >= 11 is 0. The smallest absolute Gasteiger partial charge is 0.0557 e. The zero-order valence-corrected chi connectivity index (χ0v) is 12.7. The van der Waals surface area contributed by atoms with Gasteiger partial charge in [-0.2, -0.15) is 0 Å². The first-order valence-electron chi connectivity index (χ1n) is 7.21. The van der Waals surface area contributed by atoms with Crippen LogP contribution >= 0.6 is 0 Å². The molecule has 0 saturated heterocycles. The van der Waals surface area contributed by atoms with Gasteiger partial charge in [0, 0.05) is 10.8 Å². The van der Waals surface area contributed by atoms with E-state index in [-0.39, 0.29) is 10.8 Å². The molecule has 2 aliphatic rings. The molecule has 19 heavy (non-hydrogen) atoms. The Morgan fingerprint density at radius 1 is 0.895 bits per heavy atom. The molecule has 2 atom stereocenters. The van der Waals surface area contributed by atoms with E-state index < -0.39 is 0 Å². The van der Waals surface area contributed by atoms with E-state index >= 15 is 0 Å². The molecule has 2 aliphatic carbocycles. The Hall–Kier alpha value is -1.08. The Kier molecular flexibility index (Phi) is 4.15. The molecule has 0 aliphatic heterocycles. The van der Waals surface area contributed by atoms with Gasteiger partial charge in [0.05, 0.1) is 13.2 Å². The highest BCUT2D eigenvalue weighted by Gasteiger charge is 2.26. The largest absolute Gasteiger partial charge is 0.380 e. The summed E-state index contributed by atoms with van der Waals surface area (Å²) in [6, 6.07) is 0. The highest BCUT2D eigenvalue weighted by molar-refractivity contribution is 5.25. The Bertz CT molecular complexity index is 410. The molecule has 0 aromatic heterocycles. The van der Waals surface area contributed by atoms with Crippen LogP contribution in [-0.2, 0) is 4.74 Å². The second kappa shape index (κ2) is 5.50. The maximum Gasteiger partial charge on any atom is 0.0557 e. The fourth-order valence-corrected chi connectivity index (χ4v) is 2.46. The molecule has 0 spiro atoms. The van der Waals surface area contributed by atoms with Crippen molar-refractivity contribution in [3.63, 3.8) is 0 Å². The Morgan fingerprint density at radius 2 is 1.32 bits per heavy atom. The molecule has 0 bridgehead atoms. The third kappa shape index (κ3) is 3.94. The molecular weight excluding hydrogens is 232 g/mol. The first-order chi connectivity index (χ1) is 8.91. The molecule has 2 unspecified atom stereocenters. The molecule has 0 fully saturated rings. The van der Waals surface area contributed by atoms with Gasteiger partial charge >= 0.3 is 0 Å². The topological polar surface area (TPSA) is 9.23 Å². The number of hydrogen-bond acceptors (Lipinski definition) is 1. The van der Waals surface area contributed by atoms with Crippen LogP contribution in [0.25, 0.3) is 0 Å². The van der Waals surface area contributed by atoms with E-state index in [0.717, 1.165) is 26.1 Å². The summed E-state index contributed by atoms with van der Waals surface area (Å²) in [6.07, 6.45) is 15.8. The van der Waals surface area contributed by atoms with Crippen molar-refractivity contribution in [1.29, 1.82) is 0 Å². The summed E-state index contributed by atoms with van der Waals surface area (Å²) in [5.74, 6) is 0. The average molecular weight is 258 g/mol. The second-order valence-corrected chi connectivity index (χ2v) is 6.77. The van der Waals surface area contributed by atoms with Crippen LogP contribution in [0.2, 0.25) is 0 Å². The zero-order valence-electron chi connectivity index (χ0n) is 12.7. The van der Waals surface area contributed by atoms with Crippen LogP contribution in [0, 0.1) is 10.8 Å². The number of hydrogen-bond donors (Lipinski definition) is 0. The van der Waals surface area contributed by atoms with Crippen molar-refractivity contribution in [2.75, 3.05) is 13.2 Å². The van der Waals surface area contributed by atoms with Crippen LogP contribution in [0.1, 0.15) is 40.5 Å². The van der Waals surface area contributed by atoms with Crippen LogP contribution in [0.3, 0.4) is 0 Å². The molecular formula is C18H26O. The third-order valence-corrected chi connectivity index (χ3v) is 4.14. The lowest BCUT2D eigenvalue weighted by molar-refractivity contribution is 0.0351. The molecule has 0 radical (unpaired) electrons. The summed E-state index contributed by atoms with van der Waals surface area (Å²) in [7, 11) is 0. The molecule has 104 valence electrons. The highest BCUT2D eigenvalue weighted by Crippen LogP contribution is 2.33. The minimum atomic E-state index is 0.167. The van der Waals surface area contributed by atoms with Crippen molar-refractivity contribution >= 4 is 0 Å². The molecule has 0 aromatic rings. The predicted molar refractivity (Wildman–Crippen MR) is 82.1 cm³/mol. The fourth-order valence-electron chi connectivity index (χ4n) is 2.46. The van der Waals surface area contributed by atoms with E-state index in [1.54, 1.807) is 0 Å². The summed E-state index contributed by atoms with van der Waals surface area (Å²) in [5, 5.41) is 0. The molecule has 2 rings (SSSR count). The van der Waals surface area contributed by atoms with Crippen LogP contribution in [0.15, 0.2) is 47.6 Å². The minimum Gasteiger partial charge on any atom is -0.380 e. The molecule has 0 saturated carbocycles. The zero-order chi connectivity index (χ0) is 13.9. The normalized spacial score (nSPS) is 34.1. The highest BCUT2D eigenvalue weighted by atomic mass is 16.5. The Labute approximate surface area is 117 Å². The van der Waals surface area contributed by atoms with Gasteiger partial charge in [-0.15, -0.1) is 0 Å². The SMILES string of the molecule is CC1=CCC(C)(COCC2(C)C=CC(C)=CC2)C=C1. The Balaban J connectivity index is 1.82. The van der Waals surface area contributed by atoms with Crippen molar-refractivity contribution in [3.8, 4) is 0 Å². The molecule has 0 heterocycles. The first kappa shape index (κ1) is 14.3. The molecule has 1 heteroatoms. The third-order valence-electron chi connectivity index (χ3n) is 4.14. The minimum absolute atomic E-state index is 0.167. The maximum absolute atomic E-state index is 6.03. The summed E-state index contributed by atoms with van der Waals surface area (Å²) < 4.78 is 6.03. The number of allylic oxidation sites excluding steroid dienone is 6. The number of rotatable bonds is 4. The van der Waals surface area contributed by atoms with Crippen LogP contribution in [-0.4, -0.2) is 13.2 Å². The van der Waals surface area contributed by atoms with Gasteiger partial charge in [-0.3, -0.25) is 0 Å². The second-order valence-electron chi connectivity index (χ2n) is 6.77. The molecule has 0 aromatic carbocycles. The molecule has 0 amide bonds. The summed E-state index contributed by atoms with van der Waals surface area (Å²) in [6.45, 7) is 10.5. The van der Waals surface area contributed by atoms with Crippen LogP contribution < -0.4 is 0 Å². The van der Waals surface area contributed by atoms with Gasteiger partial charge in [0.25, 0.3) is 0 Å². The van der Waals surface area contributed by atoms with Gasteiger partial charge in [-0.05, 0) is 26.7 Å². The van der Waals surface area contributed by atoms with Gasteiger partial charge in [0.2, 0.25) is 0 Å². The summed E-state index contributed by atoms with van der Waals surface area (Å²) in [5.41, 5.74) is 3.06. The lowest BCUT2D eigenvalue weighted by Crippen LogP contribution is -2.27. The van der Waals surface area contributed by atoms with Crippen LogP contribution in [0.5, 0.6) is 0 Å². The Morgan fingerprint density at radius 3 is 1.63 bits per heavy atom. The van der Waals surface area contributed by atoms with Gasteiger partial charge in [-0.1, -0.05) is 61.4 Å². The van der Waals surface area contributed by atoms with Crippen molar-refractivity contribution in [2.45, 2.75) is 40.5 Å². The molecule has 1 nitrogen and oxygen atoms in total. The van der Waals surface area contributed by atoms with E-state index in [1.807, 2.05) is 0 Å². The van der Waals surface area contributed by atoms with Gasteiger partial charge in [0.1, 0.15) is 0 Å². The lowest BCUT2D eigenvalue weighted by Gasteiger charge is -2.31. The monoisotopic (exact) mass is 258 g/mol. The van der Waals surface area contributed by atoms with Gasteiger partial charge in [-0.25, -0.2) is 0 Å².